The van der Waals surface area contributed by atoms with Crippen molar-refractivity contribution in [3.8, 4) is 0 Å². The second kappa shape index (κ2) is 5.12. The Bertz CT molecular complexity index is 865. The van der Waals surface area contributed by atoms with Gasteiger partial charge < -0.3 is 9.88 Å². The van der Waals surface area contributed by atoms with Crippen LogP contribution in [-0.2, 0) is 16.9 Å². The summed E-state index contributed by atoms with van der Waals surface area (Å²) in [7, 11) is -0.977. The maximum absolute atomic E-state index is 12.3. The van der Waals surface area contributed by atoms with Gasteiger partial charge in [0.05, 0.1) is 11.5 Å². The Morgan fingerprint density at radius 3 is 2.68 bits per heavy atom. The summed E-state index contributed by atoms with van der Waals surface area (Å²) in [5, 5.41) is 3.89. The summed E-state index contributed by atoms with van der Waals surface area (Å²) >= 11 is 0. The van der Waals surface area contributed by atoms with Gasteiger partial charge >= 0.3 is 0 Å². The highest BCUT2D eigenvalue weighted by atomic mass is 32.2. The lowest BCUT2D eigenvalue weighted by Gasteiger charge is -2.11. The zero-order chi connectivity index (χ0) is 16.1. The van der Waals surface area contributed by atoms with E-state index in [2.05, 4.69) is 16.8 Å². The van der Waals surface area contributed by atoms with Crippen molar-refractivity contribution >= 4 is 26.6 Å². The van der Waals surface area contributed by atoms with E-state index in [-0.39, 0.29) is 23.5 Å². The van der Waals surface area contributed by atoms with Crippen molar-refractivity contribution < 1.29 is 13.2 Å². The molecule has 1 amide bonds. The van der Waals surface area contributed by atoms with E-state index in [1.807, 2.05) is 26.1 Å². The third kappa shape index (κ3) is 2.52. The Labute approximate surface area is 130 Å². The smallest absolute Gasteiger partial charge is 0.251 e. The van der Waals surface area contributed by atoms with Gasteiger partial charge in [-0.25, -0.2) is 8.42 Å². The number of carbonyl (C=O) groups excluding carboxylic acids is 1. The Balaban J connectivity index is 1.87. The van der Waals surface area contributed by atoms with Gasteiger partial charge in [0, 0.05) is 35.2 Å². The highest BCUT2D eigenvalue weighted by Crippen LogP contribution is 2.25. The molecule has 1 saturated heterocycles. The van der Waals surface area contributed by atoms with Gasteiger partial charge in [0.25, 0.3) is 5.91 Å². The minimum Gasteiger partial charge on any atom is -0.348 e. The first-order chi connectivity index (χ1) is 10.3. The summed E-state index contributed by atoms with van der Waals surface area (Å²) < 4.78 is 25.0. The number of sulfone groups is 1. The average Bonchev–Trinajstić information content (AvgIpc) is 2.92. The van der Waals surface area contributed by atoms with Crippen molar-refractivity contribution in [2.45, 2.75) is 26.3 Å². The number of fused-ring (bicyclic) bond motifs is 1. The molecule has 6 heteroatoms. The zero-order valence-corrected chi connectivity index (χ0v) is 13.8. The molecule has 2 heterocycles. The quantitative estimate of drug-likeness (QED) is 0.916. The minimum absolute atomic E-state index is 0.0461. The monoisotopic (exact) mass is 320 g/mol. The predicted octanol–water partition coefficient (Wildman–Crippen LogP) is 1.71. The average molecular weight is 320 g/mol. The van der Waals surface area contributed by atoms with E-state index in [4.69, 9.17) is 0 Å². The predicted molar refractivity (Wildman–Crippen MR) is 86.9 cm³/mol. The van der Waals surface area contributed by atoms with Crippen molar-refractivity contribution in [3.63, 3.8) is 0 Å². The van der Waals surface area contributed by atoms with Gasteiger partial charge in [-0.1, -0.05) is 0 Å². The summed E-state index contributed by atoms with van der Waals surface area (Å²) in [5.74, 6) is 0.00298. The fourth-order valence-corrected chi connectivity index (χ4v) is 4.75. The largest absolute Gasteiger partial charge is 0.348 e. The van der Waals surface area contributed by atoms with Gasteiger partial charge in [-0.2, -0.15) is 0 Å². The van der Waals surface area contributed by atoms with E-state index < -0.39 is 9.84 Å². The third-order valence-electron chi connectivity index (χ3n) is 4.64. The molecular weight excluding hydrogens is 300 g/mol. The molecule has 1 aliphatic heterocycles. The van der Waals surface area contributed by atoms with Gasteiger partial charge in [-0.05, 0) is 44.0 Å². The summed E-state index contributed by atoms with van der Waals surface area (Å²) in [5.41, 5.74) is 4.01. The van der Waals surface area contributed by atoms with E-state index in [1.54, 1.807) is 6.07 Å². The molecule has 1 atom stereocenters. The van der Waals surface area contributed by atoms with Crippen molar-refractivity contribution in [1.29, 1.82) is 0 Å². The fourth-order valence-electron chi connectivity index (χ4n) is 3.07. The summed E-state index contributed by atoms with van der Waals surface area (Å²) in [6, 6.07) is 5.35. The molecule has 3 rings (SSSR count). The molecule has 5 nitrogen and oxygen atoms in total. The van der Waals surface area contributed by atoms with Crippen LogP contribution in [0.4, 0.5) is 0 Å². The van der Waals surface area contributed by atoms with Crippen LogP contribution in [0, 0.1) is 13.8 Å². The molecule has 1 aromatic carbocycles. The molecule has 1 fully saturated rings. The number of carbonyl (C=O) groups is 1. The van der Waals surface area contributed by atoms with Crippen LogP contribution in [0.5, 0.6) is 0 Å². The molecule has 0 saturated carbocycles. The molecule has 0 aliphatic carbocycles. The summed E-state index contributed by atoms with van der Waals surface area (Å²) in [4.78, 5) is 12.3. The van der Waals surface area contributed by atoms with Gasteiger partial charge in [0.15, 0.2) is 9.84 Å². The van der Waals surface area contributed by atoms with E-state index in [9.17, 15) is 13.2 Å². The van der Waals surface area contributed by atoms with Crippen LogP contribution < -0.4 is 5.32 Å². The fraction of sp³-hybridized carbons (Fsp3) is 0.438. The van der Waals surface area contributed by atoms with E-state index in [1.165, 1.54) is 5.69 Å². The standard InChI is InChI=1S/C16H20N2O3S/c1-10-11(2)18(3)15-5-4-12(8-14(10)15)16(19)17-13-6-7-22(20,21)9-13/h4-5,8,13H,6-7,9H2,1-3H3,(H,17,19)/t13-/m0/s1. The lowest BCUT2D eigenvalue weighted by molar-refractivity contribution is 0.0941. The number of amides is 1. The Hall–Kier alpha value is -1.82. The second-order valence-electron chi connectivity index (χ2n) is 6.07. The van der Waals surface area contributed by atoms with Crippen LogP contribution in [0.25, 0.3) is 10.9 Å². The number of benzene rings is 1. The summed E-state index contributed by atoms with van der Waals surface area (Å²) in [6.45, 7) is 4.10. The van der Waals surface area contributed by atoms with E-state index in [0.717, 1.165) is 16.5 Å². The third-order valence-corrected chi connectivity index (χ3v) is 6.41. The van der Waals surface area contributed by atoms with Crippen LogP contribution in [0.1, 0.15) is 28.0 Å². The topological polar surface area (TPSA) is 68.2 Å². The van der Waals surface area contributed by atoms with Crippen molar-refractivity contribution in [3.05, 3.63) is 35.0 Å². The maximum atomic E-state index is 12.3. The van der Waals surface area contributed by atoms with Gasteiger partial charge in [0.1, 0.15) is 0 Å². The van der Waals surface area contributed by atoms with Crippen molar-refractivity contribution in [2.24, 2.45) is 7.05 Å². The number of rotatable bonds is 2. The molecule has 1 aliphatic rings. The van der Waals surface area contributed by atoms with Crippen LogP contribution in [0.3, 0.4) is 0 Å². The highest BCUT2D eigenvalue weighted by Gasteiger charge is 2.29. The molecule has 2 aromatic rings. The van der Waals surface area contributed by atoms with Gasteiger partial charge in [0.2, 0.25) is 0 Å². The SMILES string of the molecule is Cc1c(C)n(C)c2ccc(C(=O)N[C@H]3CCS(=O)(=O)C3)cc12. The molecular formula is C16H20N2O3S. The number of nitrogens with one attached hydrogen (secondary N) is 1. The maximum Gasteiger partial charge on any atom is 0.251 e. The number of nitrogens with zero attached hydrogens (tertiary/aromatic N) is 1. The molecule has 0 spiro atoms. The molecule has 118 valence electrons. The van der Waals surface area contributed by atoms with Crippen LogP contribution >= 0.6 is 0 Å². The van der Waals surface area contributed by atoms with Crippen LogP contribution in [-0.4, -0.2) is 36.4 Å². The molecule has 0 bridgehead atoms. The normalized spacial score (nSPS) is 20.4. The van der Waals surface area contributed by atoms with Crippen molar-refractivity contribution in [1.82, 2.24) is 9.88 Å². The first-order valence-corrected chi connectivity index (χ1v) is 9.17. The number of aryl methyl sites for hydroxylation is 2. The molecule has 0 radical (unpaired) electrons. The molecule has 0 unspecified atom stereocenters. The number of aromatic nitrogens is 1. The number of hydrogen-bond acceptors (Lipinski definition) is 3. The Morgan fingerprint density at radius 1 is 1.32 bits per heavy atom. The zero-order valence-electron chi connectivity index (χ0n) is 13.0. The first kappa shape index (κ1) is 15.1. The Morgan fingerprint density at radius 2 is 2.05 bits per heavy atom. The first-order valence-electron chi connectivity index (χ1n) is 7.35. The van der Waals surface area contributed by atoms with Gasteiger partial charge in [-0.15, -0.1) is 0 Å². The van der Waals surface area contributed by atoms with Crippen molar-refractivity contribution in [2.75, 3.05) is 11.5 Å². The summed E-state index contributed by atoms with van der Waals surface area (Å²) in [6.07, 6.45) is 0.500. The number of hydrogen-bond donors (Lipinski definition) is 1. The second-order valence-corrected chi connectivity index (χ2v) is 8.30. The molecule has 22 heavy (non-hydrogen) atoms. The van der Waals surface area contributed by atoms with E-state index >= 15 is 0 Å². The molecule has 1 N–H and O–H groups in total. The van der Waals surface area contributed by atoms with Crippen LogP contribution in [0.2, 0.25) is 0 Å². The lowest BCUT2D eigenvalue weighted by atomic mass is 10.1. The molecule has 1 aromatic heterocycles. The van der Waals surface area contributed by atoms with Gasteiger partial charge in [-0.3, -0.25) is 4.79 Å². The lowest BCUT2D eigenvalue weighted by Crippen LogP contribution is -2.35. The Kier molecular flexibility index (Phi) is 3.51. The van der Waals surface area contributed by atoms with E-state index in [0.29, 0.717) is 12.0 Å². The highest BCUT2D eigenvalue weighted by molar-refractivity contribution is 7.91. The minimum atomic E-state index is -2.99. The van der Waals surface area contributed by atoms with Crippen LogP contribution in [0.15, 0.2) is 18.2 Å².